The van der Waals surface area contributed by atoms with Crippen LogP contribution in [-0.2, 0) is 11.2 Å². The molecule has 15 heavy (non-hydrogen) atoms. The lowest BCUT2D eigenvalue weighted by Gasteiger charge is -2.04. The fourth-order valence-corrected chi connectivity index (χ4v) is 1.21. The molecule has 1 aromatic heterocycles. The van der Waals surface area contributed by atoms with E-state index in [0.29, 0.717) is 11.4 Å². The Morgan fingerprint density at radius 2 is 2.27 bits per heavy atom. The van der Waals surface area contributed by atoms with E-state index in [9.17, 15) is 9.59 Å². The number of rotatable bonds is 4. The minimum Gasteiger partial charge on any atom is -0.481 e. The monoisotopic (exact) mass is 210 g/mol. The molecule has 0 aliphatic rings. The zero-order valence-corrected chi connectivity index (χ0v) is 8.78. The van der Waals surface area contributed by atoms with Crippen molar-refractivity contribution >= 4 is 5.97 Å². The van der Waals surface area contributed by atoms with E-state index < -0.39 is 5.97 Å². The van der Waals surface area contributed by atoms with Gasteiger partial charge in [-0.3, -0.25) is 9.59 Å². The molecule has 1 heterocycles. The Kier molecular flexibility index (Phi) is 3.60. The SMILES string of the molecule is CC(C)c1cnc(CCC(=O)O)[nH]c1=O. The Morgan fingerprint density at radius 1 is 1.60 bits per heavy atom. The first-order valence-electron chi connectivity index (χ1n) is 4.80. The number of carbonyl (C=O) groups is 1. The number of nitrogens with one attached hydrogen (secondary N) is 1. The molecule has 0 fully saturated rings. The predicted molar refractivity (Wildman–Crippen MR) is 54.9 cm³/mol. The number of carboxylic acids is 1. The summed E-state index contributed by atoms with van der Waals surface area (Å²) in [6.45, 7) is 3.81. The fraction of sp³-hybridized carbons (Fsp3) is 0.500. The van der Waals surface area contributed by atoms with E-state index >= 15 is 0 Å². The minimum atomic E-state index is -0.898. The van der Waals surface area contributed by atoms with Crippen LogP contribution < -0.4 is 5.56 Å². The van der Waals surface area contributed by atoms with Crippen molar-refractivity contribution in [1.29, 1.82) is 0 Å². The number of carboxylic acid groups (broad SMARTS) is 1. The van der Waals surface area contributed by atoms with Crippen LogP contribution in [0, 0.1) is 0 Å². The molecular formula is C10H14N2O3. The molecule has 0 saturated carbocycles. The lowest BCUT2D eigenvalue weighted by Crippen LogP contribution is -2.17. The lowest BCUT2D eigenvalue weighted by atomic mass is 10.1. The summed E-state index contributed by atoms with van der Waals surface area (Å²) in [6, 6.07) is 0. The highest BCUT2D eigenvalue weighted by molar-refractivity contribution is 5.66. The standard InChI is InChI=1S/C10H14N2O3/c1-6(2)7-5-11-8(12-10(7)15)3-4-9(13)14/h5-6H,3-4H2,1-2H3,(H,13,14)(H,11,12,15). The van der Waals surface area contributed by atoms with Gasteiger partial charge in [-0.2, -0.15) is 0 Å². The zero-order chi connectivity index (χ0) is 11.4. The second kappa shape index (κ2) is 4.72. The van der Waals surface area contributed by atoms with Gasteiger partial charge in [-0.1, -0.05) is 13.8 Å². The van der Waals surface area contributed by atoms with Crippen molar-refractivity contribution in [3.8, 4) is 0 Å². The third-order valence-electron chi connectivity index (χ3n) is 2.08. The van der Waals surface area contributed by atoms with Crippen LogP contribution in [0.2, 0.25) is 0 Å². The quantitative estimate of drug-likeness (QED) is 0.773. The van der Waals surface area contributed by atoms with E-state index in [2.05, 4.69) is 9.97 Å². The van der Waals surface area contributed by atoms with Gasteiger partial charge in [0.2, 0.25) is 0 Å². The van der Waals surface area contributed by atoms with Gasteiger partial charge in [-0.15, -0.1) is 0 Å². The topological polar surface area (TPSA) is 83.0 Å². The summed E-state index contributed by atoms with van der Waals surface area (Å²) >= 11 is 0. The number of aromatic nitrogens is 2. The van der Waals surface area contributed by atoms with E-state index in [1.165, 1.54) is 6.20 Å². The number of nitrogens with zero attached hydrogens (tertiary/aromatic N) is 1. The van der Waals surface area contributed by atoms with Crippen LogP contribution in [0.5, 0.6) is 0 Å². The summed E-state index contributed by atoms with van der Waals surface area (Å²) < 4.78 is 0. The van der Waals surface area contributed by atoms with E-state index in [1.807, 2.05) is 13.8 Å². The molecule has 1 rings (SSSR count). The molecule has 0 unspecified atom stereocenters. The van der Waals surface area contributed by atoms with Gasteiger partial charge in [-0.25, -0.2) is 4.98 Å². The summed E-state index contributed by atoms with van der Waals surface area (Å²) in [7, 11) is 0. The lowest BCUT2D eigenvalue weighted by molar-refractivity contribution is -0.137. The summed E-state index contributed by atoms with van der Waals surface area (Å²) in [5.74, 6) is -0.354. The molecule has 2 N–H and O–H groups in total. The first-order valence-corrected chi connectivity index (χ1v) is 4.80. The largest absolute Gasteiger partial charge is 0.481 e. The van der Waals surface area contributed by atoms with Gasteiger partial charge in [-0.05, 0) is 5.92 Å². The van der Waals surface area contributed by atoms with Crippen molar-refractivity contribution in [2.75, 3.05) is 0 Å². The van der Waals surface area contributed by atoms with Gasteiger partial charge in [0, 0.05) is 18.2 Å². The van der Waals surface area contributed by atoms with E-state index in [4.69, 9.17) is 5.11 Å². The van der Waals surface area contributed by atoms with Gasteiger partial charge in [0.05, 0.1) is 6.42 Å². The molecule has 0 aliphatic carbocycles. The van der Waals surface area contributed by atoms with Crippen molar-refractivity contribution in [3.05, 3.63) is 27.9 Å². The molecule has 5 heteroatoms. The van der Waals surface area contributed by atoms with Gasteiger partial charge in [0.15, 0.2) is 0 Å². The van der Waals surface area contributed by atoms with Crippen LogP contribution in [0.25, 0.3) is 0 Å². The molecule has 0 aliphatic heterocycles. The molecule has 0 aromatic carbocycles. The second-order valence-electron chi connectivity index (χ2n) is 3.66. The van der Waals surface area contributed by atoms with E-state index in [0.717, 1.165) is 0 Å². The molecule has 82 valence electrons. The predicted octanol–water partition coefficient (Wildman–Crippen LogP) is 0.911. The summed E-state index contributed by atoms with van der Waals surface area (Å²) in [5, 5.41) is 8.47. The number of H-pyrrole nitrogens is 1. The molecular weight excluding hydrogens is 196 g/mol. The Bertz CT molecular complexity index is 409. The molecule has 0 saturated heterocycles. The highest BCUT2D eigenvalue weighted by Crippen LogP contribution is 2.06. The second-order valence-corrected chi connectivity index (χ2v) is 3.66. The number of hydrogen-bond acceptors (Lipinski definition) is 3. The smallest absolute Gasteiger partial charge is 0.303 e. The van der Waals surface area contributed by atoms with Crippen LogP contribution in [0.3, 0.4) is 0 Å². The first-order chi connectivity index (χ1) is 7.00. The summed E-state index contributed by atoms with van der Waals surface area (Å²) in [4.78, 5) is 28.4. The van der Waals surface area contributed by atoms with Crippen molar-refractivity contribution in [2.45, 2.75) is 32.6 Å². The maximum atomic E-state index is 11.5. The van der Waals surface area contributed by atoms with E-state index in [-0.39, 0.29) is 24.3 Å². The van der Waals surface area contributed by atoms with Crippen molar-refractivity contribution in [3.63, 3.8) is 0 Å². The molecule has 0 atom stereocenters. The highest BCUT2D eigenvalue weighted by atomic mass is 16.4. The number of aliphatic carboxylic acids is 1. The average molecular weight is 210 g/mol. The average Bonchev–Trinajstić information content (AvgIpc) is 2.14. The Balaban J connectivity index is 2.83. The summed E-state index contributed by atoms with van der Waals surface area (Å²) in [6.07, 6.45) is 1.74. The molecule has 0 bridgehead atoms. The Morgan fingerprint density at radius 3 is 2.73 bits per heavy atom. The molecule has 0 spiro atoms. The normalized spacial score (nSPS) is 10.6. The Labute approximate surface area is 87.2 Å². The van der Waals surface area contributed by atoms with E-state index in [1.54, 1.807) is 0 Å². The third kappa shape index (κ3) is 3.19. The van der Waals surface area contributed by atoms with Crippen molar-refractivity contribution in [2.24, 2.45) is 0 Å². The van der Waals surface area contributed by atoms with Crippen LogP contribution >= 0.6 is 0 Å². The highest BCUT2D eigenvalue weighted by Gasteiger charge is 2.07. The Hall–Kier alpha value is -1.65. The molecule has 0 amide bonds. The maximum Gasteiger partial charge on any atom is 0.303 e. The number of aromatic amines is 1. The van der Waals surface area contributed by atoms with Crippen LogP contribution in [0.15, 0.2) is 11.0 Å². The van der Waals surface area contributed by atoms with Gasteiger partial charge in [0.1, 0.15) is 5.82 Å². The number of hydrogen-bond donors (Lipinski definition) is 2. The fourth-order valence-electron chi connectivity index (χ4n) is 1.21. The minimum absolute atomic E-state index is 0.0238. The van der Waals surface area contributed by atoms with Crippen molar-refractivity contribution in [1.82, 2.24) is 9.97 Å². The van der Waals surface area contributed by atoms with Gasteiger partial charge >= 0.3 is 5.97 Å². The molecule has 0 radical (unpaired) electrons. The molecule has 1 aromatic rings. The van der Waals surface area contributed by atoms with Crippen LogP contribution in [-0.4, -0.2) is 21.0 Å². The number of aryl methyl sites for hydroxylation is 1. The van der Waals surface area contributed by atoms with Gasteiger partial charge < -0.3 is 10.1 Å². The van der Waals surface area contributed by atoms with Crippen LogP contribution in [0.4, 0.5) is 0 Å². The first kappa shape index (κ1) is 11.4. The van der Waals surface area contributed by atoms with Crippen molar-refractivity contribution < 1.29 is 9.90 Å². The van der Waals surface area contributed by atoms with Crippen LogP contribution in [0.1, 0.15) is 37.6 Å². The maximum absolute atomic E-state index is 11.5. The summed E-state index contributed by atoms with van der Waals surface area (Å²) in [5.41, 5.74) is 0.439. The molecule has 5 nitrogen and oxygen atoms in total. The third-order valence-corrected chi connectivity index (χ3v) is 2.08. The zero-order valence-electron chi connectivity index (χ0n) is 8.78. The van der Waals surface area contributed by atoms with Gasteiger partial charge in [0.25, 0.3) is 5.56 Å².